The van der Waals surface area contributed by atoms with Crippen LogP contribution in [0.5, 0.6) is 11.5 Å². The zero-order valence-corrected chi connectivity index (χ0v) is 14.4. The maximum absolute atomic E-state index is 12.9. The lowest BCUT2D eigenvalue weighted by Crippen LogP contribution is -2.07. The highest BCUT2D eigenvalue weighted by Gasteiger charge is 2.33. The maximum Gasteiger partial charge on any atom is 0.417 e. The molecule has 3 nitrogen and oxygen atoms in total. The fourth-order valence-corrected chi connectivity index (χ4v) is 2.67. The number of allylic oxidation sites excluding steroid dienone is 1. The highest BCUT2D eigenvalue weighted by Crippen LogP contribution is 2.34. The molecule has 0 aliphatic heterocycles. The molecule has 2 aromatic carbocycles. The molecular formula is C21H15F3N2O. The van der Waals surface area contributed by atoms with E-state index < -0.39 is 17.3 Å². The van der Waals surface area contributed by atoms with Gasteiger partial charge in [-0.2, -0.15) is 18.4 Å². The van der Waals surface area contributed by atoms with Crippen LogP contribution >= 0.6 is 0 Å². The molecule has 0 saturated heterocycles. The highest BCUT2D eigenvalue weighted by atomic mass is 19.4. The van der Waals surface area contributed by atoms with Crippen LogP contribution in [0.2, 0.25) is 0 Å². The fourth-order valence-electron chi connectivity index (χ4n) is 2.67. The Kier molecular flexibility index (Phi) is 5.04. The molecule has 27 heavy (non-hydrogen) atoms. The summed E-state index contributed by atoms with van der Waals surface area (Å²) in [5, 5.41) is 8.97. The molecular weight excluding hydrogens is 353 g/mol. The van der Waals surface area contributed by atoms with Crippen LogP contribution < -0.4 is 4.74 Å². The van der Waals surface area contributed by atoms with Gasteiger partial charge in [-0.15, -0.1) is 0 Å². The normalized spacial score (nSPS) is 11.5. The molecule has 1 heterocycles. The maximum atomic E-state index is 12.9. The standard InChI is InChI=1S/C21H15F3N2O/c1-2-4-16-5-3-12-26(16)17-6-8-18(9-7-17)27-19-10-11-20(21(22,23)24)15(13-19)14-25/h2-13H,1H3/b4-2-. The Labute approximate surface area is 154 Å². The molecule has 0 atom stereocenters. The van der Waals surface area contributed by atoms with Crippen molar-refractivity contribution in [1.82, 2.24) is 4.57 Å². The number of hydrogen-bond donors (Lipinski definition) is 0. The molecule has 0 N–H and O–H groups in total. The average molecular weight is 368 g/mol. The quantitative estimate of drug-likeness (QED) is 0.550. The van der Waals surface area contributed by atoms with Crippen LogP contribution in [0.25, 0.3) is 11.8 Å². The zero-order chi connectivity index (χ0) is 19.4. The van der Waals surface area contributed by atoms with Crippen LogP contribution in [0.15, 0.2) is 66.9 Å². The molecule has 3 aromatic rings. The van der Waals surface area contributed by atoms with E-state index in [1.54, 1.807) is 18.2 Å². The first kappa shape index (κ1) is 18.3. The van der Waals surface area contributed by atoms with E-state index in [-0.39, 0.29) is 5.75 Å². The van der Waals surface area contributed by atoms with Crippen LogP contribution in [-0.4, -0.2) is 4.57 Å². The van der Waals surface area contributed by atoms with Crippen LogP contribution in [0.3, 0.4) is 0 Å². The molecule has 3 rings (SSSR count). The number of aromatic nitrogens is 1. The summed E-state index contributed by atoms with van der Waals surface area (Å²) in [5.41, 5.74) is 0.495. The lowest BCUT2D eigenvalue weighted by atomic mass is 10.1. The van der Waals surface area contributed by atoms with Gasteiger partial charge in [-0.1, -0.05) is 6.08 Å². The molecule has 0 fully saturated rings. The van der Waals surface area contributed by atoms with Crippen molar-refractivity contribution in [2.75, 3.05) is 0 Å². The van der Waals surface area contributed by atoms with E-state index in [0.717, 1.165) is 23.5 Å². The first-order valence-corrected chi connectivity index (χ1v) is 8.12. The van der Waals surface area contributed by atoms with Gasteiger partial charge < -0.3 is 9.30 Å². The average Bonchev–Trinajstić information content (AvgIpc) is 3.10. The summed E-state index contributed by atoms with van der Waals surface area (Å²) in [6.45, 7) is 1.94. The predicted molar refractivity (Wildman–Crippen MR) is 96.7 cm³/mol. The van der Waals surface area contributed by atoms with Crippen molar-refractivity contribution in [2.24, 2.45) is 0 Å². The van der Waals surface area contributed by atoms with Gasteiger partial charge in [0.2, 0.25) is 0 Å². The van der Waals surface area contributed by atoms with Crippen LogP contribution in [-0.2, 0) is 6.18 Å². The highest BCUT2D eigenvalue weighted by molar-refractivity contribution is 5.51. The van der Waals surface area contributed by atoms with Gasteiger partial charge in [-0.3, -0.25) is 0 Å². The van der Waals surface area contributed by atoms with Gasteiger partial charge in [-0.25, -0.2) is 0 Å². The Balaban J connectivity index is 1.83. The summed E-state index contributed by atoms with van der Waals surface area (Å²) in [4.78, 5) is 0. The SMILES string of the molecule is C/C=C\c1cccn1-c1ccc(Oc2ccc(C(F)(F)F)c(C#N)c2)cc1. The van der Waals surface area contributed by atoms with Gasteiger partial charge >= 0.3 is 6.18 Å². The Morgan fingerprint density at radius 3 is 2.37 bits per heavy atom. The number of nitriles is 1. The molecule has 6 heteroatoms. The molecule has 1 aromatic heterocycles. The third-order valence-corrected chi connectivity index (χ3v) is 3.89. The van der Waals surface area contributed by atoms with Gasteiger partial charge in [0, 0.05) is 17.6 Å². The molecule has 0 aliphatic carbocycles. The first-order valence-electron chi connectivity index (χ1n) is 8.12. The number of rotatable bonds is 4. The first-order chi connectivity index (χ1) is 12.9. The molecule has 0 bridgehead atoms. The molecule has 136 valence electrons. The lowest BCUT2D eigenvalue weighted by molar-refractivity contribution is -0.137. The Bertz CT molecular complexity index is 1010. The van der Waals surface area contributed by atoms with Gasteiger partial charge in [0.15, 0.2) is 0 Å². The topological polar surface area (TPSA) is 38.0 Å². The molecule has 0 aliphatic rings. The van der Waals surface area contributed by atoms with E-state index in [4.69, 9.17) is 10.00 Å². The Morgan fingerprint density at radius 1 is 1.04 bits per heavy atom. The number of ether oxygens (including phenoxy) is 1. The summed E-state index contributed by atoms with van der Waals surface area (Å²) < 4.78 is 46.2. The number of hydrogen-bond acceptors (Lipinski definition) is 2. The second-order valence-electron chi connectivity index (χ2n) is 5.72. The Hall–Kier alpha value is -3.46. The second-order valence-corrected chi connectivity index (χ2v) is 5.72. The minimum atomic E-state index is -4.58. The minimum Gasteiger partial charge on any atom is -0.457 e. The number of alkyl halides is 3. The summed E-state index contributed by atoms with van der Waals surface area (Å²) >= 11 is 0. The van der Waals surface area contributed by atoms with Gasteiger partial charge in [0.25, 0.3) is 0 Å². The minimum absolute atomic E-state index is 0.169. The molecule has 0 unspecified atom stereocenters. The number of nitrogens with zero attached hydrogens (tertiary/aromatic N) is 2. The van der Waals surface area contributed by atoms with Gasteiger partial charge in [0.1, 0.15) is 11.5 Å². The van der Waals surface area contributed by atoms with Crippen molar-refractivity contribution in [2.45, 2.75) is 13.1 Å². The second kappa shape index (κ2) is 7.42. The number of halogens is 3. The largest absolute Gasteiger partial charge is 0.457 e. The third kappa shape index (κ3) is 4.04. The summed E-state index contributed by atoms with van der Waals surface area (Å²) in [6.07, 6.45) is 1.28. The predicted octanol–water partition coefficient (Wildman–Crippen LogP) is 6.19. The van der Waals surface area contributed by atoms with Crippen molar-refractivity contribution in [3.05, 3.63) is 83.7 Å². The fraction of sp³-hybridized carbons (Fsp3) is 0.0952. The Morgan fingerprint density at radius 2 is 1.74 bits per heavy atom. The van der Waals surface area contributed by atoms with E-state index in [9.17, 15) is 13.2 Å². The van der Waals surface area contributed by atoms with E-state index in [1.165, 1.54) is 6.07 Å². The summed E-state index contributed by atoms with van der Waals surface area (Å²) in [5.74, 6) is 0.630. The van der Waals surface area contributed by atoms with Crippen molar-refractivity contribution in [1.29, 1.82) is 5.26 Å². The van der Waals surface area contributed by atoms with Crippen molar-refractivity contribution in [3.63, 3.8) is 0 Å². The summed E-state index contributed by atoms with van der Waals surface area (Å²) in [6, 6.07) is 15.8. The summed E-state index contributed by atoms with van der Waals surface area (Å²) in [7, 11) is 0. The van der Waals surface area contributed by atoms with Crippen LogP contribution in [0, 0.1) is 11.3 Å². The van der Waals surface area contributed by atoms with Crippen LogP contribution in [0.1, 0.15) is 23.7 Å². The van der Waals surface area contributed by atoms with Gasteiger partial charge in [-0.05, 0) is 67.6 Å². The molecule has 0 spiro atoms. The molecule has 0 saturated carbocycles. The van der Waals surface area contributed by atoms with Gasteiger partial charge in [0.05, 0.1) is 17.2 Å². The monoisotopic (exact) mass is 368 g/mol. The zero-order valence-electron chi connectivity index (χ0n) is 14.4. The van der Waals surface area contributed by atoms with E-state index >= 15 is 0 Å². The lowest BCUT2D eigenvalue weighted by Gasteiger charge is -2.12. The van der Waals surface area contributed by atoms with E-state index in [2.05, 4.69) is 0 Å². The third-order valence-electron chi connectivity index (χ3n) is 3.89. The van der Waals surface area contributed by atoms with E-state index in [1.807, 2.05) is 54.1 Å². The smallest absolute Gasteiger partial charge is 0.417 e. The van der Waals surface area contributed by atoms with Crippen molar-refractivity contribution >= 4 is 6.08 Å². The van der Waals surface area contributed by atoms with Crippen molar-refractivity contribution in [3.8, 4) is 23.3 Å². The molecule has 0 amide bonds. The van der Waals surface area contributed by atoms with Crippen molar-refractivity contribution < 1.29 is 17.9 Å². The number of benzene rings is 2. The molecule has 0 radical (unpaired) electrons. The van der Waals surface area contributed by atoms with E-state index in [0.29, 0.717) is 5.75 Å². The van der Waals surface area contributed by atoms with Crippen LogP contribution in [0.4, 0.5) is 13.2 Å².